The van der Waals surface area contributed by atoms with Crippen molar-refractivity contribution < 1.29 is 17.6 Å². The Balaban J connectivity index is 1.72. The number of rotatable bonds is 5. The molecule has 7 nitrogen and oxygen atoms in total. The summed E-state index contributed by atoms with van der Waals surface area (Å²) >= 11 is 0. The maximum atomic E-state index is 12.3. The number of amides is 1. The smallest absolute Gasteiger partial charge is 0.287 e. The number of nitrogens with zero attached hydrogens (tertiary/aromatic N) is 1. The van der Waals surface area contributed by atoms with Crippen molar-refractivity contribution in [2.75, 3.05) is 14.1 Å². The van der Waals surface area contributed by atoms with Crippen molar-refractivity contribution in [2.45, 2.75) is 31.5 Å². The monoisotopic (exact) mass is 363 g/mol. The van der Waals surface area contributed by atoms with Gasteiger partial charge in [-0.15, -0.1) is 0 Å². The molecule has 0 fully saturated rings. The van der Waals surface area contributed by atoms with Crippen LogP contribution in [0.5, 0.6) is 0 Å². The molecule has 1 amide bonds. The van der Waals surface area contributed by atoms with Gasteiger partial charge in [0.2, 0.25) is 10.0 Å². The van der Waals surface area contributed by atoms with Gasteiger partial charge < -0.3 is 15.1 Å². The number of hydrogen-bond donors (Lipinski definition) is 2. The Morgan fingerprint density at radius 1 is 1.24 bits per heavy atom. The molecule has 134 valence electrons. The Morgan fingerprint density at radius 3 is 2.68 bits per heavy atom. The summed E-state index contributed by atoms with van der Waals surface area (Å²) in [5, 5.41) is 6.04. The summed E-state index contributed by atoms with van der Waals surface area (Å²) in [5.74, 6) is -0.259. The Kier molecular flexibility index (Phi) is 4.68. The molecule has 2 N–H and O–H groups in total. The highest BCUT2D eigenvalue weighted by Crippen LogP contribution is 2.22. The molecule has 2 aromatic rings. The van der Waals surface area contributed by atoms with Crippen molar-refractivity contribution >= 4 is 15.9 Å². The lowest BCUT2D eigenvalue weighted by Gasteiger charge is -2.09. The lowest BCUT2D eigenvalue weighted by molar-refractivity contribution is 0.0922. The molecule has 0 spiro atoms. The van der Waals surface area contributed by atoms with E-state index in [0.717, 1.165) is 23.0 Å². The average molecular weight is 363 g/mol. The Bertz CT molecular complexity index is 916. The summed E-state index contributed by atoms with van der Waals surface area (Å²) in [6.45, 7) is 3.58. The third-order valence-corrected chi connectivity index (χ3v) is 6.13. The van der Waals surface area contributed by atoms with Crippen molar-refractivity contribution in [3.8, 4) is 0 Å². The minimum absolute atomic E-state index is 0.00579. The second-order valence-corrected chi connectivity index (χ2v) is 8.33. The summed E-state index contributed by atoms with van der Waals surface area (Å²) in [6, 6.07) is 7.36. The zero-order chi connectivity index (χ0) is 18.2. The predicted molar refractivity (Wildman–Crippen MR) is 92.5 cm³/mol. The molecule has 2 heterocycles. The summed E-state index contributed by atoms with van der Waals surface area (Å²) in [4.78, 5) is 12.3. The summed E-state index contributed by atoms with van der Waals surface area (Å²) in [7, 11) is -0.772. The number of benzene rings is 1. The molecular weight excluding hydrogens is 342 g/mol. The molecule has 1 aromatic carbocycles. The normalized spacial score (nSPS) is 13.9. The molecule has 25 heavy (non-hydrogen) atoms. The number of aryl methyl sites for hydroxylation is 1. The second-order valence-electron chi connectivity index (χ2n) is 6.21. The molecule has 0 radical (unpaired) electrons. The van der Waals surface area contributed by atoms with Gasteiger partial charge in [0.1, 0.15) is 10.7 Å². The molecule has 3 rings (SSSR count). The van der Waals surface area contributed by atoms with E-state index < -0.39 is 15.9 Å². The number of furan rings is 1. The number of hydrogen-bond acceptors (Lipinski definition) is 5. The van der Waals surface area contributed by atoms with E-state index in [1.54, 1.807) is 0 Å². The summed E-state index contributed by atoms with van der Waals surface area (Å²) in [6.07, 6.45) is 0. The van der Waals surface area contributed by atoms with E-state index in [2.05, 4.69) is 22.8 Å². The first kappa shape index (κ1) is 17.7. The van der Waals surface area contributed by atoms with Crippen molar-refractivity contribution in [2.24, 2.45) is 0 Å². The zero-order valence-corrected chi connectivity index (χ0v) is 15.2. The molecule has 1 aliphatic heterocycles. The Labute approximate surface area is 147 Å². The standard InChI is InChI=1S/C17H21N3O4S/c1-11-16(25(22,23)20(2)3)7-15(24-11)17(21)19-8-12-4-5-13-9-18-10-14(13)6-12/h4-7,18H,8-10H2,1-3H3,(H,19,21). The maximum Gasteiger partial charge on any atom is 0.287 e. The van der Waals surface area contributed by atoms with Crippen LogP contribution in [-0.2, 0) is 29.7 Å². The largest absolute Gasteiger partial charge is 0.455 e. The van der Waals surface area contributed by atoms with Crippen LogP contribution in [-0.4, -0.2) is 32.7 Å². The van der Waals surface area contributed by atoms with Crippen molar-refractivity contribution in [3.63, 3.8) is 0 Å². The molecule has 1 aromatic heterocycles. The molecule has 0 aliphatic carbocycles. The number of nitrogens with one attached hydrogen (secondary N) is 2. The lowest BCUT2D eigenvalue weighted by Crippen LogP contribution is -2.23. The minimum Gasteiger partial charge on any atom is -0.455 e. The van der Waals surface area contributed by atoms with Gasteiger partial charge in [0.25, 0.3) is 5.91 Å². The molecular formula is C17H21N3O4S. The number of sulfonamides is 1. The first-order chi connectivity index (χ1) is 11.8. The fourth-order valence-electron chi connectivity index (χ4n) is 2.76. The van der Waals surface area contributed by atoms with Gasteiger partial charge in [-0.25, -0.2) is 12.7 Å². The van der Waals surface area contributed by atoms with E-state index in [4.69, 9.17) is 4.42 Å². The summed E-state index contributed by atoms with van der Waals surface area (Å²) < 4.78 is 30.8. The van der Waals surface area contributed by atoms with Crippen LogP contribution in [0.25, 0.3) is 0 Å². The lowest BCUT2D eigenvalue weighted by atomic mass is 10.1. The van der Waals surface area contributed by atoms with Crippen LogP contribution < -0.4 is 10.6 Å². The zero-order valence-electron chi connectivity index (χ0n) is 14.4. The topological polar surface area (TPSA) is 91.6 Å². The average Bonchev–Trinajstić information content (AvgIpc) is 3.18. The van der Waals surface area contributed by atoms with Gasteiger partial charge in [-0.05, 0) is 23.6 Å². The minimum atomic E-state index is -3.64. The van der Waals surface area contributed by atoms with E-state index in [9.17, 15) is 13.2 Å². The highest BCUT2D eigenvalue weighted by molar-refractivity contribution is 7.89. The third-order valence-electron chi connectivity index (χ3n) is 4.21. The number of carbonyl (C=O) groups excluding carboxylic acids is 1. The van der Waals surface area contributed by atoms with E-state index in [1.165, 1.54) is 38.2 Å². The van der Waals surface area contributed by atoms with Crippen molar-refractivity contribution in [1.29, 1.82) is 0 Å². The van der Waals surface area contributed by atoms with Crippen LogP contribution in [0.1, 0.15) is 33.0 Å². The van der Waals surface area contributed by atoms with Gasteiger partial charge in [0.15, 0.2) is 5.76 Å². The van der Waals surface area contributed by atoms with Gasteiger partial charge in [0, 0.05) is 39.8 Å². The fourth-order valence-corrected chi connectivity index (χ4v) is 3.81. The number of carbonyl (C=O) groups is 1. The molecule has 0 atom stereocenters. The Hall–Kier alpha value is -2.16. The van der Waals surface area contributed by atoms with Crippen LogP contribution in [0, 0.1) is 6.92 Å². The molecule has 8 heteroatoms. The van der Waals surface area contributed by atoms with Crippen LogP contribution in [0.2, 0.25) is 0 Å². The van der Waals surface area contributed by atoms with Crippen LogP contribution in [0.3, 0.4) is 0 Å². The molecule has 0 unspecified atom stereocenters. The highest BCUT2D eigenvalue weighted by atomic mass is 32.2. The quantitative estimate of drug-likeness (QED) is 0.837. The molecule has 0 bridgehead atoms. The second kappa shape index (κ2) is 6.62. The predicted octanol–water partition coefficient (Wildman–Crippen LogP) is 1.37. The molecule has 1 aliphatic rings. The first-order valence-corrected chi connectivity index (χ1v) is 9.35. The summed E-state index contributed by atoms with van der Waals surface area (Å²) in [5.41, 5.74) is 3.50. The fraction of sp³-hybridized carbons (Fsp3) is 0.353. The third kappa shape index (κ3) is 3.46. The van der Waals surface area contributed by atoms with Gasteiger partial charge in [0.05, 0.1) is 0 Å². The van der Waals surface area contributed by atoms with E-state index in [1.807, 2.05) is 6.07 Å². The van der Waals surface area contributed by atoms with Crippen LogP contribution >= 0.6 is 0 Å². The van der Waals surface area contributed by atoms with Crippen molar-refractivity contribution in [1.82, 2.24) is 14.9 Å². The number of fused-ring (bicyclic) bond motifs is 1. The maximum absolute atomic E-state index is 12.3. The van der Waals surface area contributed by atoms with Crippen LogP contribution in [0.15, 0.2) is 33.6 Å². The van der Waals surface area contributed by atoms with Crippen molar-refractivity contribution in [3.05, 3.63) is 52.5 Å². The first-order valence-electron chi connectivity index (χ1n) is 7.91. The van der Waals surface area contributed by atoms with Crippen LogP contribution in [0.4, 0.5) is 0 Å². The molecule has 0 saturated heterocycles. The molecule has 0 saturated carbocycles. The Morgan fingerprint density at radius 2 is 1.96 bits per heavy atom. The van der Waals surface area contributed by atoms with Gasteiger partial charge >= 0.3 is 0 Å². The SMILES string of the molecule is Cc1oc(C(=O)NCc2ccc3c(c2)CNC3)cc1S(=O)(=O)N(C)C. The van der Waals surface area contributed by atoms with E-state index in [0.29, 0.717) is 6.54 Å². The highest BCUT2D eigenvalue weighted by Gasteiger charge is 2.25. The van der Waals surface area contributed by atoms with E-state index >= 15 is 0 Å². The van der Waals surface area contributed by atoms with E-state index in [-0.39, 0.29) is 16.4 Å². The van der Waals surface area contributed by atoms with Gasteiger partial charge in [-0.2, -0.15) is 0 Å². The van der Waals surface area contributed by atoms with Gasteiger partial charge in [-0.3, -0.25) is 4.79 Å². The van der Waals surface area contributed by atoms with Gasteiger partial charge in [-0.1, -0.05) is 18.2 Å².